The maximum Gasteiger partial charge on any atom is 0.306 e. The van der Waals surface area contributed by atoms with Gasteiger partial charge < -0.3 is 10.4 Å². The Hall–Kier alpha value is -1.91. The Morgan fingerprint density at radius 2 is 2.06 bits per heavy atom. The van der Waals surface area contributed by atoms with E-state index in [0.29, 0.717) is 19.4 Å². The SMILES string of the molecule is CC(CCNC(=O)Cc1ccncc1)C(=O)O. The molecule has 0 saturated heterocycles. The van der Waals surface area contributed by atoms with E-state index in [-0.39, 0.29) is 5.91 Å². The van der Waals surface area contributed by atoms with Crippen LogP contribution in [-0.2, 0) is 16.0 Å². The maximum absolute atomic E-state index is 11.5. The van der Waals surface area contributed by atoms with E-state index in [1.807, 2.05) is 0 Å². The zero-order valence-corrected chi connectivity index (χ0v) is 9.72. The Bertz CT molecular complexity index is 379. The van der Waals surface area contributed by atoms with E-state index >= 15 is 0 Å². The minimum Gasteiger partial charge on any atom is -0.481 e. The predicted molar refractivity (Wildman–Crippen MR) is 62.4 cm³/mol. The highest BCUT2D eigenvalue weighted by Gasteiger charge is 2.10. The molecule has 0 aliphatic rings. The molecule has 1 aromatic rings. The van der Waals surface area contributed by atoms with Crippen LogP contribution in [0.15, 0.2) is 24.5 Å². The molecule has 0 saturated carbocycles. The molecule has 17 heavy (non-hydrogen) atoms. The second-order valence-electron chi connectivity index (χ2n) is 3.91. The molecule has 1 rings (SSSR count). The van der Waals surface area contributed by atoms with Crippen LogP contribution in [0.4, 0.5) is 0 Å². The van der Waals surface area contributed by atoms with Gasteiger partial charge in [-0.2, -0.15) is 0 Å². The third-order valence-electron chi connectivity index (χ3n) is 2.44. The first-order valence-corrected chi connectivity index (χ1v) is 5.48. The number of rotatable bonds is 6. The van der Waals surface area contributed by atoms with Crippen LogP contribution in [0.2, 0.25) is 0 Å². The molecule has 1 aromatic heterocycles. The quantitative estimate of drug-likeness (QED) is 0.767. The number of carboxylic acid groups (broad SMARTS) is 1. The number of nitrogens with one attached hydrogen (secondary N) is 1. The fourth-order valence-electron chi connectivity index (χ4n) is 1.30. The molecule has 0 aromatic carbocycles. The lowest BCUT2D eigenvalue weighted by Gasteiger charge is -2.07. The summed E-state index contributed by atoms with van der Waals surface area (Å²) in [5, 5.41) is 11.4. The van der Waals surface area contributed by atoms with Gasteiger partial charge in [-0.15, -0.1) is 0 Å². The molecule has 5 nitrogen and oxygen atoms in total. The lowest BCUT2D eigenvalue weighted by atomic mass is 10.1. The Morgan fingerprint density at radius 1 is 1.41 bits per heavy atom. The smallest absolute Gasteiger partial charge is 0.306 e. The average molecular weight is 236 g/mol. The van der Waals surface area contributed by atoms with Crippen molar-refractivity contribution in [2.75, 3.05) is 6.54 Å². The number of aliphatic carboxylic acids is 1. The van der Waals surface area contributed by atoms with Crippen molar-refractivity contribution in [3.05, 3.63) is 30.1 Å². The van der Waals surface area contributed by atoms with Crippen LogP contribution in [0.3, 0.4) is 0 Å². The van der Waals surface area contributed by atoms with Gasteiger partial charge in [0.25, 0.3) is 0 Å². The van der Waals surface area contributed by atoms with Gasteiger partial charge in [0.2, 0.25) is 5.91 Å². The summed E-state index contributed by atoms with van der Waals surface area (Å²) >= 11 is 0. The minimum absolute atomic E-state index is 0.103. The molecule has 0 bridgehead atoms. The number of carboxylic acids is 1. The topological polar surface area (TPSA) is 79.3 Å². The molecule has 0 aliphatic heterocycles. The van der Waals surface area contributed by atoms with Crippen molar-refractivity contribution in [3.63, 3.8) is 0 Å². The van der Waals surface area contributed by atoms with Gasteiger partial charge in [0.1, 0.15) is 0 Å². The van der Waals surface area contributed by atoms with Crippen LogP contribution < -0.4 is 5.32 Å². The Kier molecular flexibility index (Phi) is 5.13. The van der Waals surface area contributed by atoms with E-state index in [4.69, 9.17) is 5.11 Å². The molecular formula is C12H16N2O3. The zero-order chi connectivity index (χ0) is 12.7. The van der Waals surface area contributed by atoms with Gasteiger partial charge in [-0.25, -0.2) is 0 Å². The van der Waals surface area contributed by atoms with Crippen molar-refractivity contribution in [2.45, 2.75) is 19.8 Å². The van der Waals surface area contributed by atoms with Crippen molar-refractivity contribution in [2.24, 2.45) is 5.92 Å². The molecule has 5 heteroatoms. The molecule has 1 atom stereocenters. The van der Waals surface area contributed by atoms with E-state index in [1.54, 1.807) is 31.5 Å². The monoisotopic (exact) mass is 236 g/mol. The van der Waals surface area contributed by atoms with E-state index in [1.165, 1.54) is 0 Å². The summed E-state index contributed by atoms with van der Waals surface area (Å²) < 4.78 is 0. The van der Waals surface area contributed by atoms with Crippen molar-refractivity contribution in [1.29, 1.82) is 0 Å². The number of hydrogen-bond acceptors (Lipinski definition) is 3. The summed E-state index contributed by atoms with van der Waals surface area (Å²) in [4.78, 5) is 25.9. The van der Waals surface area contributed by atoms with E-state index in [9.17, 15) is 9.59 Å². The van der Waals surface area contributed by atoms with Crippen molar-refractivity contribution < 1.29 is 14.7 Å². The molecule has 2 N–H and O–H groups in total. The van der Waals surface area contributed by atoms with Gasteiger partial charge >= 0.3 is 5.97 Å². The number of nitrogens with zero attached hydrogens (tertiary/aromatic N) is 1. The van der Waals surface area contributed by atoms with Crippen LogP contribution in [0.25, 0.3) is 0 Å². The number of carbonyl (C=O) groups is 2. The van der Waals surface area contributed by atoms with Crippen LogP contribution in [0.5, 0.6) is 0 Å². The van der Waals surface area contributed by atoms with Gasteiger partial charge in [0.15, 0.2) is 0 Å². The van der Waals surface area contributed by atoms with Crippen molar-refractivity contribution in [3.8, 4) is 0 Å². The lowest BCUT2D eigenvalue weighted by Crippen LogP contribution is -2.28. The predicted octanol–water partition coefficient (Wildman–Crippen LogP) is 0.851. The standard InChI is InChI=1S/C12H16N2O3/c1-9(12(16)17)2-7-14-11(15)8-10-3-5-13-6-4-10/h3-6,9H,2,7-8H2,1H3,(H,14,15)(H,16,17). The molecule has 1 heterocycles. The highest BCUT2D eigenvalue weighted by Crippen LogP contribution is 2.00. The van der Waals surface area contributed by atoms with Gasteiger partial charge in [-0.05, 0) is 24.1 Å². The Balaban J connectivity index is 2.25. The first-order chi connectivity index (χ1) is 8.09. The van der Waals surface area contributed by atoms with E-state index in [2.05, 4.69) is 10.3 Å². The number of amides is 1. The van der Waals surface area contributed by atoms with Crippen LogP contribution in [0.1, 0.15) is 18.9 Å². The summed E-state index contributed by atoms with van der Waals surface area (Å²) in [6.07, 6.45) is 4.01. The fraction of sp³-hybridized carbons (Fsp3) is 0.417. The minimum atomic E-state index is -0.839. The lowest BCUT2D eigenvalue weighted by molar-refractivity contribution is -0.141. The van der Waals surface area contributed by atoms with Crippen molar-refractivity contribution in [1.82, 2.24) is 10.3 Å². The molecule has 0 spiro atoms. The molecule has 1 amide bonds. The summed E-state index contributed by atoms with van der Waals surface area (Å²) in [5.41, 5.74) is 0.892. The van der Waals surface area contributed by atoms with Crippen LogP contribution in [-0.4, -0.2) is 28.5 Å². The zero-order valence-electron chi connectivity index (χ0n) is 9.72. The molecule has 0 aliphatic carbocycles. The summed E-state index contributed by atoms with van der Waals surface area (Å²) in [5.74, 6) is -1.38. The van der Waals surface area contributed by atoms with Crippen LogP contribution in [0, 0.1) is 5.92 Å². The third-order valence-corrected chi connectivity index (χ3v) is 2.44. The molecular weight excluding hydrogens is 220 g/mol. The Morgan fingerprint density at radius 3 is 2.65 bits per heavy atom. The summed E-state index contributed by atoms with van der Waals surface area (Å²) in [6.45, 7) is 2.01. The molecule has 1 unspecified atom stereocenters. The number of pyridine rings is 1. The largest absolute Gasteiger partial charge is 0.481 e. The molecule has 0 fully saturated rings. The van der Waals surface area contributed by atoms with Gasteiger partial charge in [-0.3, -0.25) is 14.6 Å². The highest BCUT2D eigenvalue weighted by molar-refractivity contribution is 5.78. The Labute approximate surface area is 99.9 Å². The number of aromatic nitrogens is 1. The highest BCUT2D eigenvalue weighted by atomic mass is 16.4. The van der Waals surface area contributed by atoms with Gasteiger partial charge in [0.05, 0.1) is 12.3 Å². The fourth-order valence-corrected chi connectivity index (χ4v) is 1.30. The van der Waals surface area contributed by atoms with Crippen LogP contribution >= 0.6 is 0 Å². The second-order valence-corrected chi connectivity index (χ2v) is 3.91. The first-order valence-electron chi connectivity index (χ1n) is 5.48. The number of carbonyl (C=O) groups excluding carboxylic acids is 1. The third kappa shape index (κ3) is 5.10. The van der Waals surface area contributed by atoms with Gasteiger partial charge in [0, 0.05) is 18.9 Å². The summed E-state index contributed by atoms with van der Waals surface area (Å²) in [6, 6.07) is 3.55. The summed E-state index contributed by atoms with van der Waals surface area (Å²) in [7, 11) is 0. The average Bonchev–Trinajstić information content (AvgIpc) is 2.30. The molecule has 0 radical (unpaired) electrons. The van der Waals surface area contributed by atoms with E-state index in [0.717, 1.165) is 5.56 Å². The van der Waals surface area contributed by atoms with Gasteiger partial charge in [-0.1, -0.05) is 6.92 Å². The molecule has 92 valence electrons. The second kappa shape index (κ2) is 6.62. The first kappa shape index (κ1) is 13.2. The van der Waals surface area contributed by atoms with Crippen molar-refractivity contribution >= 4 is 11.9 Å². The normalized spacial score (nSPS) is 11.8. The van der Waals surface area contributed by atoms with E-state index < -0.39 is 11.9 Å². The maximum atomic E-state index is 11.5. The number of hydrogen-bond donors (Lipinski definition) is 2.